The van der Waals surface area contributed by atoms with E-state index >= 15 is 0 Å². The van der Waals surface area contributed by atoms with Crippen molar-refractivity contribution in [3.8, 4) is 23.0 Å². The molecule has 4 N–H and O–H groups in total. The minimum absolute atomic E-state index is 0.0528. The van der Waals surface area contributed by atoms with Crippen LogP contribution >= 0.6 is 23.5 Å². The number of alkyl halides is 4. The fourth-order valence-corrected chi connectivity index (χ4v) is 7.69. The number of nitrogens with two attached hydrogens (primary N) is 2. The molecule has 308 valence electrons. The van der Waals surface area contributed by atoms with E-state index in [1.807, 2.05) is 32.0 Å². The number of nitrogens with zero attached hydrogens (tertiary/aromatic N) is 4. The lowest BCUT2D eigenvalue weighted by Gasteiger charge is -2.28. The molecule has 12 nitrogen and oxygen atoms in total. The van der Waals surface area contributed by atoms with Crippen LogP contribution in [0, 0.1) is 0 Å². The molecule has 0 aromatic heterocycles. The number of amides is 2. The molecule has 0 bridgehead atoms. The minimum Gasteiger partial charge on any atom is -0.493 e. The van der Waals surface area contributed by atoms with E-state index in [0.717, 1.165) is 40.6 Å². The lowest BCUT2D eigenvalue weighted by molar-refractivity contribution is -0.275. The van der Waals surface area contributed by atoms with Gasteiger partial charge >= 0.3 is 16.8 Å². The van der Waals surface area contributed by atoms with Gasteiger partial charge in [-0.3, -0.25) is 9.59 Å². The molecule has 2 aliphatic heterocycles. The van der Waals surface area contributed by atoms with Gasteiger partial charge in [0.2, 0.25) is 6.86 Å². The molecule has 58 heavy (non-hydrogen) atoms. The third-order valence-corrected chi connectivity index (χ3v) is 11.2. The van der Waals surface area contributed by atoms with Crippen LogP contribution in [-0.4, -0.2) is 69.9 Å². The van der Waals surface area contributed by atoms with Crippen molar-refractivity contribution in [3.63, 3.8) is 0 Å². The fourth-order valence-electron chi connectivity index (χ4n) is 5.83. The van der Waals surface area contributed by atoms with Crippen LogP contribution < -0.4 is 30.4 Å². The number of benzene rings is 4. The van der Waals surface area contributed by atoms with Crippen LogP contribution in [0.5, 0.6) is 23.0 Å². The van der Waals surface area contributed by atoms with Crippen molar-refractivity contribution in [1.82, 2.24) is 10.0 Å². The van der Waals surface area contributed by atoms with Gasteiger partial charge in [0.05, 0.1) is 49.2 Å². The highest BCUT2D eigenvalue weighted by molar-refractivity contribution is 8.15. The smallest absolute Gasteiger partial charge is 0.493 e. The number of carbonyl (C=O) groups excluding carboxylic acids is 2. The van der Waals surface area contributed by atoms with Gasteiger partial charge in [-0.15, -0.1) is 13.2 Å². The summed E-state index contributed by atoms with van der Waals surface area (Å²) in [7, 11) is 2.75. The molecule has 0 saturated carbocycles. The summed E-state index contributed by atoms with van der Waals surface area (Å²) in [5, 5.41) is 11.1. The summed E-state index contributed by atoms with van der Waals surface area (Å²) in [6.45, 7) is 3.48. The molecule has 0 radical (unpaired) electrons. The van der Waals surface area contributed by atoms with Crippen molar-refractivity contribution < 1.29 is 46.1 Å². The van der Waals surface area contributed by atoms with Crippen LogP contribution in [0.3, 0.4) is 0 Å². The first-order valence-electron chi connectivity index (χ1n) is 17.9. The second-order valence-corrected chi connectivity index (χ2v) is 15.0. The lowest BCUT2D eigenvalue weighted by Crippen LogP contribution is -2.34. The molecule has 2 amide bonds. The highest BCUT2D eigenvalue weighted by Crippen LogP contribution is 2.37. The number of hydrazone groups is 2. The lowest BCUT2D eigenvalue weighted by atomic mass is 10.0. The normalized spacial score (nSPS) is 16.8. The molecule has 6 rings (SSSR count). The Hall–Kier alpha value is -5.62. The third-order valence-electron chi connectivity index (χ3n) is 8.69. The minimum atomic E-state index is -4.86. The van der Waals surface area contributed by atoms with E-state index in [0.29, 0.717) is 47.1 Å². The van der Waals surface area contributed by atoms with Crippen molar-refractivity contribution >= 4 is 56.8 Å². The number of ether oxygens (including phenoxy) is 4. The van der Waals surface area contributed by atoms with Crippen LogP contribution in [-0.2, 0) is 13.1 Å². The topological polar surface area (TPSA) is 154 Å². The first-order valence-corrected chi connectivity index (χ1v) is 19.6. The van der Waals surface area contributed by atoms with Crippen molar-refractivity contribution in [3.05, 3.63) is 107 Å². The first-order chi connectivity index (χ1) is 27.7. The Balaban J connectivity index is 0.000000221. The summed E-state index contributed by atoms with van der Waals surface area (Å²) in [5.41, 5.74) is 16.9. The van der Waals surface area contributed by atoms with Gasteiger partial charge in [0.1, 0.15) is 0 Å². The number of hydrogen-bond donors (Lipinski definition) is 2. The standard InChI is InChI=1S/C20H20F3N3O3S.C20H22FN3O3S/c1-3-17-18(13-6-9-15(28-2)16(10-13)29-20(21,22)23)25-26(19(27)30-17)11-12-4-7-14(24)8-5-12;1-3-18-19(14-6-9-16(26-2)17(10-14)27-12-21)23-24(20(25)28-18)11-13-4-7-15(22)8-5-13/h4-10,17H,3,11,24H2,1-2H3;4-10,18H,3,11-12,22H2,1-2H3. The number of rotatable bonds is 13. The van der Waals surface area contributed by atoms with Gasteiger partial charge in [0.25, 0.3) is 0 Å². The molecule has 0 fully saturated rings. The Morgan fingerprint density at radius 2 is 1.07 bits per heavy atom. The summed E-state index contributed by atoms with van der Waals surface area (Å²) < 4.78 is 70.4. The SMILES string of the molecule is CCC1SC(=O)N(Cc2ccc(N)cc2)N=C1c1ccc(OC)c(OC(F)(F)F)c1.CCC1SC(=O)N(Cc2ccc(N)cc2)N=C1c1ccc(OC)c(OCF)c1. The zero-order valence-corrected chi connectivity index (χ0v) is 33.6. The van der Waals surface area contributed by atoms with Gasteiger partial charge in [0, 0.05) is 22.5 Å². The summed E-state index contributed by atoms with van der Waals surface area (Å²) in [5.74, 6) is 0.218. The number of thioether (sulfide) groups is 2. The Morgan fingerprint density at radius 1 is 0.655 bits per heavy atom. The van der Waals surface area contributed by atoms with Crippen molar-refractivity contribution in [2.24, 2.45) is 10.2 Å². The Kier molecular flexibility index (Phi) is 14.8. The maximum absolute atomic E-state index is 12.8. The van der Waals surface area contributed by atoms with Gasteiger partial charge in [-0.2, -0.15) is 10.2 Å². The molecule has 2 heterocycles. The van der Waals surface area contributed by atoms with E-state index < -0.39 is 19.0 Å². The number of hydrogen-bond acceptors (Lipinski definition) is 12. The van der Waals surface area contributed by atoms with E-state index in [1.54, 1.807) is 54.6 Å². The molecule has 18 heteroatoms. The van der Waals surface area contributed by atoms with E-state index in [9.17, 15) is 27.2 Å². The van der Waals surface area contributed by atoms with Crippen LogP contribution in [0.1, 0.15) is 48.9 Å². The monoisotopic (exact) mass is 842 g/mol. The maximum atomic E-state index is 12.8. The van der Waals surface area contributed by atoms with E-state index in [4.69, 9.17) is 25.7 Å². The van der Waals surface area contributed by atoms with Crippen LogP contribution in [0.15, 0.2) is 95.1 Å². The maximum Gasteiger partial charge on any atom is 0.573 e. The average molecular weight is 843 g/mol. The molecular formula is C40H42F4N6O6S2. The van der Waals surface area contributed by atoms with Gasteiger partial charge in [-0.1, -0.05) is 61.6 Å². The van der Waals surface area contributed by atoms with Gasteiger partial charge < -0.3 is 30.4 Å². The summed E-state index contributed by atoms with van der Waals surface area (Å²) in [6.07, 6.45) is -3.56. The third kappa shape index (κ3) is 11.3. The number of carbonyl (C=O) groups is 2. The highest BCUT2D eigenvalue weighted by atomic mass is 32.2. The van der Waals surface area contributed by atoms with Crippen molar-refractivity contribution in [1.29, 1.82) is 0 Å². The molecular weight excluding hydrogens is 801 g/mol. The molecule has 0 aliphatic carbocycles. The zero-order chi connectivity index (χ0) is 42.0. The Labute approximate surface area is 341 Å². The van der Waals surface area contributed by atoms with Crippen molar-refractivity contribution in [2.45, 2.75) is 56.6 Å². The highest BCUT2D eigenvalue weighted by Gasteiger charge is 2.35. The molecule has 4 aromatic rings. The number of methoxy groups -OCH3 is 2. The predicted octanol–water partition coefficient (Wildman–Crippen LogP) is 9.46. The Morgan fingerprint density at radius 3 is 1.45 bits per heavy atom. The number of anilines is 2. The van der Waals surface area contributed by atoms with E-state index in [1.165, 1.54) is 48.1 Å². The molecule has 0 spiro atoms. The fraction of sp³-hybridized carbons (Fsp3) is 0.300. The average Bonchev–Trinajstić information content (AvgIpc) is 3.20. The second kappa shape index (κ2) is 19.7. The predicted molar refractivity (Wildman–Crippen MR) is 219 cm³/mol. The molecule has 2 aliphatic rings. The summed E-state index contributed by atoms with van der Waals surface area (Å²) >= 11 is 2.32. The van der Waals surface area contributed by atoms with Crippen LogP contribution in [0.2, 0.25) is 0 Å². The number of nitrogen functional groups attached to an aromatic ring is 2. The zero-order valence-electron chi connectivity index (χ0n) is 32.0. The summed E-state index contributed by atoms with van der Waals surface area (Å²) in [6, 6.07) is 23.8. The largest absolute Gasteiger partial charge is 0.573 e. The second-order valence-electron chi connectivity index (χ2n) is 12.7. The quantitative estimate of drug-likeness (QED) is 0.0983. The van der Waals surface area contributed by atoms with Crippen molar-refractivity contribution in [2.75, 3.05) is 32.5 Å². The summed E-state index contributed by atoms with van der Waals surface area (Å²) in [4.78, 5) is 25.1. The van der Waals surface area contributed by atoms with Gasteiger partial charge in [0.15, 0.2) is 23.0 Å². The molecule has 2 unspecified atom stereocenters. The van der Waals surface area contributed by atoms with E-state index in [-0.39, 0.29) is 33.3 Å². The Bertz CT molecular complexity index is 2120. The molecule has 4 aromatic carbocycles. The number of halogens is 4. The first kappa shape index (κ1) is 43.5. The van der Waals surface area contributed by atoms with Gasteiger partial charge in [-0.05, 0) is 84.6 Å². The van der Waals surface area contributed by atoms with Crippen LogP contribution in [0.25, 0.3) is 0 Å². The van der Waals surface area contributed by atoms with Gasteiger partial charge in [-0.25, -0.2) is 14.4 Å². The van der Waals surface area contributed by atoms with Crippen LogP contribution in [0.4, 0.5) is 38.5 Å². The van der Waals surface area contributed by atoms with E-state index in [2.05, 4.69) is 14.9 Å². The molecule has 0 saturated heterocycles. The molecule has 2 atom stereocenters.